The molecule has 6 heteroatoms. The highest BCUT2D eigenvalue weighted by atomic mass is 32.1. The van der Waals surface area contributed by atoms with Crippen LogP contribution in [0.15, 0.2) is 18.2 Å². The SMILES string of the molecule is CNc1nnc(-c2cc(F)ccc2F)s1. The molecule has 15 heavy (non-hydrogen) atoms. The molecule has 78 valence electrons. The second-order valence-corrected chi connectivity index (χ2v) is 3.76. The number of benzene rings is 1. The summed E-state index contributed by atoms with van der Waals surface area (Å²) < 4.78 is 26.2. The maximum absolute atomic E-state index is 13.3. The van der Waals surface area contributed by atoms with E-state index in [1.807, 2.05) is 0 Å². The predicted octanol–water partition coefficient (Wildman–Crippen LogP) is 2.53. The number of anilines is 1. The summed E-state index contributed by atoms with van der Waals surface area (Å²) in [6.07, 6.45) is 0. The molecule has 0 aliphatic rings. The molecule has 0 saturated carbocycles. The molecule has 1 N–H and O–H groups in total. The van der Waals surface area contributed by atoms with Gasteiger partial charge in [-0.15, -0.1) is 10.2 Å². The molecule has 2 aromatic rings. The van der Waals surface area contributed by atoms with Gasteiger partial charge in [-0.1, -0.05) is 11.3 Å². The molecular weight excluding hydrogens is 220 g/mol. The molecule has 0 aliphatic heterocycles. The average Bonchev–Trinajstić information content (AvgIpc) is 2.70. The van der Waals surface area contributed by atoms with Crippen LogP contribution in [-0.2, 0) is 0 Å². The first-order valence-corrected chi connectivity index (χ1v) is 4.99. The Balaban J connectivity index is 2.48. The molecule has 0 fully saturated rings. The lowest BCUT2D eigenvalue weighted by Gasteiger charge is -1.97. The van der Waals surface area contributed by atoms with Gasteiger partial charge in [0.2, 0.25) is 5.13 Å². The van der Waals surface area contributed by atoms with Crippen LogP contribution < -0.4 is 5.32 Å². The van der Waals surface area contributed by atoms with E-state index in [0.717, 1.165) is 18.2 Å². The van der Waals surface area contributed by atoms with Crippen molar-refractivity contribution in [3.05, 3.63) is 29.8 Å². The summed E-state index contributed by atoms with van der Waals surface area (Å²) in [6.45, 7) is 0. The molecule has 0 aliphatic carbocycles. The molecule has 1 aromatic heterocycles. The van der Waals surface area contributed by atoms with Crippen molar-refractivity contribution >= 4 is 16.5 Å². The highest BCUT2D eigenvalue weighted by Gasteiger charge is 2.11. The van der Waals surface area contributed by atoms with E-state index < -0.39 is 11.6 Å². The van der Waals surface area contributed by atoms with E-state index in [4.69, 9.17) is 0 Å². The van der Waals surface area contributed by atoms with Gasteiger partial charge in [0, 0.05) is 7.05 Å². The van der Waals surface area contributed by atoms with Crippen LogP contribution in [-0.4, -0.2) is 17.2 Å². The molecule has 1 heterocycles. The highest BCUT2D eigenvalue weighted by molar-refractivity contribution is 7.18. The van der Waals surface area contributed by atoms with E-state index in [0.29, 0.717) is 10.1 Å². The number of hydrogen-bond acceptors (Lipinski definition) is 4. The van der Waals surface area contributed by atoms with E-state index in [9.17, 15) is 8.78 Å². The fourth-order valence-electron chi connectivity index (χ4n) is 1.09. The first kappa shape index (κ1) is 9.97. The van der Waals surface area contributed by atoms with Gasteiger partial charge in [0.25, 0.3) is 0 Å². The number of aromatic nitrogens is 2. The summed E-state index contributed by atoms with van der Waals surface area (Å²) in [5.41, 5.74) is 0.133. The Bertz CT molecular complexity index is 484. The van der Waals surface area contributed by atoms with Gasteiger partial charge >= 0.3 is 0 Å². The molecule has 2 rings (SSSR count). The van der Waals surface area contributed by atoms with E-state index in [1.165, 1.54) is 11.3 Å². The molecule has 0 saturated heterocycles. The number of rotatable bonds is 2. The quantitative estimate of drug-likeness (QED) is 0.856. The average molecular weight is 227 g/mol. The van der Waals surface area contributed by atoms with Crippen molar-refractivity contribution in [1.82, 2.24) is 10.2 Å². The van der Waals surface area contributed by atoms with Crippen LogP contribution in [0.3, 0.4) is 0 Å². The monoisotopic (exact) mass is 227 g/mol. The van der Waals surface area contributed by atoms with E-state index in [2.05, 4.69) is 15.5 Å². The minimum Gasteiger partial charge on any atom is -0.363 e. The van der Waals surface area contributed by atoms with Gasteiger partial charge in [-0.25, -0.2) is 8.78 Å². The maximum Gasteiger partial charge on any atom is 0.205 e. The van der Waals surface area contributed by atoms with E-state index >= 15 is 0 Å². The summed E-state index contributed by atoms with van der Waals surface area (Å²) >= 11 is 1.17. The van der Waals surface area contributed by atoms with E-state index in [-0.39, 0.29) is 5.56 Å². The molecule has 0 radical (unpaired) electrons. The van der Waals surface area contributed by atoms with Crippen LogP contribution in [0.1, 0.15) is 0 Å². The molecule has 0 bridgehead atoms. The largest absolute Gasteiger partial charge is 0.363 e. The second-order valence-electron chi connectivity index (χ2n) is 2.79. The normalized spacial score (nSPS) is 10.3. The minimum absolute atomic E-state index is 0.133. The van der Waals surface area contributed by atoms with Crippen LogP contribution in [0.4, 0.5) is 13.9 Å². The van der Waals surface area contributed by atoms with Gasteiger partial charge in [0.05, 0.1) is 5.56 Å². The zero-order chi connectivity index (χ0) is 10.8. The van der Waals surface area contributed by atoms with Crippen molar-refractivity contribution in [2.24, 2.45) is 0 Å². The first-order chi connectivity index (χ1) is 7.20. The van der Waals surface area contributed by atoms with Crippen molar-refractivity contribution in [3.8, 4) is 10.6 Å². The van der Waals surface area contributed by atoms with Gasteiger partial charge < -0.3 is 5.32 Å². The van der Waals surface area contributed by atoms with Crippen molar-refractivity contribution in [3.63, 3.8) is 0 Å². The Morgan fingerprint density at radius 3 is 2.73 bits per heavy atom. The lowest BCUT2D eigenvalue weighted by atomic mass is 10.2. The van der Waals surface area contributed by atoms with Crippen LogP contribution in [0.2, 0.25) is 0 Å². The molecular formula is C9H7F2N3S. The van der Waals surface area contributed by atoms with Gasteiger partial charge in [0.15, 0.2) is 5.01 Å². The van der Waals surface area contributed by atoms with Gasteiger partial charge in [-0.3, -0.25) is 0 Å². The number of hydrogen-bond donors (Lipinski definition) is 1. The van der Waals surface area contributed by atoms with Gasteiger partial charge in [-0.2, -0.15) is 0 Å². The smallest absolute Gasteiger partial charge is 0.205 e. The minimum atomic E-state index is -0.504. The van der Waals surface area contributed by atoms with Crippen LogP contribution in [0.25, 0.3) is 10.6 Å². The molecule has 0 spiro atoms. The summed E-state index contributed by atoms with van der Waals surface area (Å²) in [7, 11) is 1.69. The molecule has 0 amide bonds. The Hall–Kier alpha value is -1.56. The van der Waals surface area contributed by atoms with Crippen molar-refractivity contribution in [1.29, 1.82) is 0 Å². The van der Waals surface area contributed by atoms with Gasteiger partial charge in [0.1, 0.15) is 11.6 Å². The first-order valence-electron chi connectivity index (χ1n) is 4.17. The third kappa shape index (κ3) is 1.94. The summed E-state index contributed by atoms with van der Waals surface area (Å²) in [5, 5.41) is 11.2. The third-order valence-electron chi connectivity index (χ3n) is 1.80. The zero-order valence-corrected chi connectivity index (χ0v) is 8.61. The Morgan fingerprint density at radius 1 is 1.27 bits per heavy atom. The number of nitrogens with one attached hydrogen (secondary N) is 1. The fourth-order valence-corrected chi connectivity index (χ4v) is 1.81. The summed E-state index contributed by atoms with van der Waals surface area (Å²) in [6, 6.07) is 3.25. The second kappa shape index (κ2) is 3.90. The maximum atomic E-state index is 13.3. The Labute approximate surface area is 88.8 Å². The Morgan fingerprint density at radius 2 is 2.07 bits per heavy atom. The Kier molecular flexibility index (Phi) is 2.59. The van der Waals surface area contributed by atoms with Gasteiger partial charge in [-0.05, 0) is 18.2 Å². The lowest BCUT2D eigenvalue weighted by molar-refractivity contribution is 0.603. The predicted molar refractivity (Wildman–Crippen MR) is 54.8 cm³/mol. The molecule has 0 atom stereocenters. The number of halogens is 2. The van der Waals surface area contributed by atoms with E-state index in [1.54, 1.807) is 7.05 Å². The molecule has 3 nitrogen and oxygen atoms in total. The van der Waals surface area contributed by atoms with Crippen molar-refractivity contribution in [2.75, 3.05) is 12.4 Å². The van der Waals surface area contributed by atoms with Crippen molar-refractivity contribution in [2.45, 2.75) is 0 Å². The molecule has 0 unspecified atom stereocenters. The van der Waals surface area contributed by atoms with Crippen molar-refractivity contribution < 1.29 is 8.78 Å². The number of nitrogens with zero attached hydrogens (tertiary/aromatic N) is 2. The standard InChI is InChI=1S/C9H7F2N3S/c1-12-9-14-13-8(15-9)6-4-5(10)2-3-7(6)11/h2-4H,1H3,(H,12,14). The topological polar surface area (TPSA) is 37.8 Å². The summed E-state index contributed by atoms with van der Waals surface area (Å²) in [4.78, 5) is 0. The van der Waals surface area contributed by atoms with Crippen LogP contribution in [0, 0.1) is 11.6 Å². The fraction of sp³-hybridized carbons (Fsp3) is 0.111. The molecule has 1 aromatic carbocycles. The van der Waals surface area contributed by atoms with Crippen LogP contribution >= 0.6 is 11.3 Å². The third-order valence-corrected chi connectivity index (χ3v) is 2.77. The zero-order valence-electron chi connectivity index (χ0n) is 7.79. The highest BCUT2D eigenvalue weighted by Crippen LogP contribution is 2.28. The summed E-state index contributed by atoms with van der Waals surface area (Å²) in [5.74, 6) is -0.997. The van der Waals surface area contributed by atoms with Crippen LogP contribution in [0.5, 0.6) is 0 Å². The lowest BCUT2D eigenvalue weighted by Crippen LogP contribution is -1.85.